The molecule has 0 unspecified atom stereocenters. The van der Waals surface area contributed by atoms with Crippen LogP contribution < -0.4 is 14.8 Å². The van der Waals surface area contributed by atoms with Gasteiger partial charge in [-0.1, -0.05) is 31.5 Å². The number of para-hydroxylation sites is 1. The fourth-order valence-corrected chi connectivity index (χ4v) is 3.38. The third-order valence-corrected chi connectivity index (χ3v) is 5.31. The maximum absolute atomic E-state index is 12.4. The van der Waals surface area contributed by atoms with Crippen LogP contribution in [0.5, 0.6) is 5.75 Å². The number of sulfonamides is 1. The minimum absolute atomic E-state index is 0.109. The molecule has 2 aromatic rings. The Balaban J connectivity index is 2.03. The molecule has 0 radical (unpaired) electrons. The first-order chi connectivity index (χ1) is 12.5. The average molecular weight is 376 g/mol. The number of benzene rings is 2. The van der Waals surface area contributed by atoms with E-state index in [4.69, 9.17) is 4.74 Å². The number of carbonyl (C=O) groups excluding carboxylic acids is 1. The molecule has 0 fully saturated rings. The van der Waals surface area contributed by atoms with Gasteiger partial charge in [0.25, 0.3) is 5.91 Å². The van der Waals surface area contributed by atoms with Crippen LogP contribution in [0, 0.1) is 0 Å². The Kier molecular flexibility index (Phi) is 7.17. The number of nitrogens with one attached hydrogen (secondary N) is 2. The van der Waals surface area contributed by atoms with Gasteiger partial charge in [-0.15, -0.1) is 0 Å². The SMILES string of the molecule is CCCCNC(=O)c1ccc(S(=O)(=O)NCc2ccccc2OC)cc1. The molecule has 0 atom stereocenters. The van der Waals surface area contributed by atoms with E-state index < -0.39 is 10.0 Å². The Labute approximate surface area is 154 Å². The summed E-state index contributed by atoms with van der Waals surface area (Å²) in [6.45, 7) is 2.77. The number of hydrogen-bond acceptors (Lipinski definition) is 4. The Hall–Kier alpha value is -2.38. The van der Waals surface area contributed by atoms with E-state index in [0.29, 0.717) is 17.9 Å². The maximum atomic E-state index is 12.4. The summed E-state index contributed by atoms with van der Waals surface area (Å²) in [5.41, 5.74) is 1.18. The van der Waals surface area contributed by atoms with Gasteiger partial charge in [0.05, 0.1) is 12.0 Å². The van der Waals surface area contributed by atoms with E-state index in [1.807, 2.05) is 19.1 Å². The standard InChI is InChI=1S/C19H24N2O4S/c1-3-4-13-20-19(22)15-9-11-17(12-10-15)26(23,24)21-14-16-7-5-6-8-18(16)25-2/h5-12,21H,3-4,13-14H2,1-2H3,(H,20,22). The normalized spacial score (nSPS) is 11.2. The van der Waals surface area contributed by atoms with E-state index in [1.165, 1.54) is 31.4 Å². The van der Waals surface area contributed by atoms with E-state index in [-0.39, 0.29) is 17.3 Å². The smallest absolute Gasteiger partial charge is 0.251 e. The Morgan fingerprint density at radius 2 is 1.77 bits per heavy atom. The molecule has 0 spiro atoms. The van der Waals surface area contributed by atoms with Crippen molar-refractivity contribution in [3.63, 3.8) is 0 Å². The van der Waals surface area contributed by atoms with Crippen molar-refractivity contribution >= 4 is 15.9 Å². The summed E-state index contributed by atoms with van der Waals surface area (Å²) in [5.74, 6) is 0.415. The molecule has 0 aromatic heterocycles. The van der Waals surface area contributed by atoms with Crippen LogP contribution in [0.3, 0.4) is 0 Å². The van der Waals surface area contributed by atoms with Crippen molar-refractivity contribution < 1.29 is 17.9 Å². The summed E-state index contributed by atoms with van der Waals surface area (Å²) < 4.78 is 32.7. The maximum Gasteiger partial charge on any atom is 0.251 e. The molecule has 0 aliphatic rings. The molecular formula is C19H24N2O4S. The van der Waals surface area contributed by atoms with E-state index in [9.17, 15) is 13.2 Å². The highest BCUT2D eigenvalue weighted by Gasteiger charge is 2.15. The summed E-state index contributed by atoms with van der Waals surface area (Å²) in [7, 11) is -2.14. The molecule has 2 aromatic carbocycles. The molecular weight excluding hydrogens is 352 g/mol. The Morgan fingerprint density at radius 1 is 1.08 bits per heavy atom. The van der Waals surface area contributed by atoms with Gasteiger partial charge in [0.2, 0.25) is 10.0 Å². The minimum Gasteiger partial charge on any atom is -0.496 e. The molecule has 6 nitrogen and oxygen atoms in total. The summed E-state index contributed by atoms with van der Waals surface area (Å²) in [4.78, 5) is 12.1. The first-order valence-corrected chi connectivity index (χ1v) is 9.96. The molecule has 140 valence electrons. The zero-order chi connectivity index (χ0) is 19.0. The Morgan fingerprint density at radius 3 is 2.42 bits per heavy atom. The van der Waals surface area contributed by atoms with Crippen LogP contribution >= 0.6 is 0 Å². The van der Waals surface area contributed by atoms with Crippen LogP contribution in [0.4, 0.5) is 0 Å². The summed E-state index contributed by atoms with van der Waals surface area (Å²) >= 11 is 0. The molecule has 1 amide bonds. The molecule has 26 heavy (non-hydrogen) atoms. The van der Waals surface area contributed by atoms with Gasteiger partial charge in [-0.3, -0.25) is 4.79 Å². The summed E-state index contributed by atoms with van der Waals surface area (Å²) in [6.07, 6.45) is 1.90. The lowest BCUT2D eigenvalue weighted by Crippen LogP contribution is -2.25. The number of carbonyl (C=O) groups is 1. The highest BCUT2D eigenvalue weighted by Crippen LogP contribution is 2.18. The topological polar surface area (TPSA) is 84.5 Å². The highest BCUT2D eigenvalue weighted by atomic mass is 32.2. The van der Waals surface area contributed by atoms with Gasteiger partial charge in [0.15, 0.2) is 0 Å². The van der Waals surface area contributed by atoms with Crippen molar-refractivity contribution in [2.24, 2.45) is 0 Å². The number of amides is 1. The van der Waals surface area contributed by atoms with Crippen molar-refractivity contribution in [1.29, 1.82) is 0 Å². The zero-order valence-electron chi connectivity index (χ0n) is 15.0. The lowest BCUT2D eigenvalue weighted by atomic mass is 10.2. The van der Waals surface area contributed by atoms with Gasteiger partial charge in [-0.2, -0.15) is 0 Å². The third kappa shape index (κ3) is 5.31. The molecule has 0 heterocycles. The van der Waals surface area contributed by atoms with Gasteiger partial charge < -0.3 is 10.1 Å². The van der Waals surface area contributed by atoms with Crippen molar-refractivity contribution in [3.8, 4) is 5.75 Å². The zero-order valence-corrected chi connectivity index (χ0v) is 15.8. The number of methoxy groups -OCH3 is 1. The van der Waals surface area contributed by atoms with Crippen LogP contribution in [-0.2, 0) is 16.6 Å². The van der Waals surface area contributed by atoms with Crippen molar-refractivity contribution in [1.82, 2.24) is 10.0 Å². The fraction of sp³-hybridized carbons (Fsp3) is 0.316. The second-order valence-electron chi connectivity index (χ2n) is 5.77. The van der Waals surface area contributed by atoms with Crippen LogP contribution in [0.25, 0.3) is 0 Å². The number of hydrogen-bond donors (Lipinski definition) is 2. The minimum atomic E-state index is -3.68. The van der Waals surface area contributed by atoms with E-state index in [1.54, 1.807) is 12.1 Å². The molecule has 0 saturated carbocycles. The quantitative estimate of drug-likeness (QED) is 0.659. The van der Waals surface area contributed by atoms with Gasteiger partial charge in [-0.05, 0) is 36.8 Å². The third-order valence-electron chi connectivity index (χ3n) is 3.89. The molecule has 0 bridgehead atoms. The predicted molar refractivity (Wildman–Crippen MR) is 101 cm³/mol. The largest absolute Gasteiger partial charge is 0.496 e. The van der Waals surface area contributed by atoms with E-state index in [0.717, 1.165) is 18.4 Å². The average Bonchev–Trinajstić information content (AvgIpc) is 2.67. The highest BCUT2D eigenvalue weighted by molar-refractivity contribution is 7.89. The van der Waals surface area contributed by atoms with Crippen molar-refractivity contribution in [2.75, 3.05) is 13.7 Å². The number of ether oxygens (including phenoxy) is 1. The van der Waals surface area contributed by atoms with Crippen LogP contribution in [0.15, 0.2) is 53.4 Å². The molecule has 2 N–H and O–H groups in total. The summed E-state index contributed by atoms with van der Waals surface area (Å²) in [6, 6.07) is 13.1. The van der Waals surface area contributed by atoms with Crippen LogP contribution in [-0.4, -0.2) is 28.0 Å². The first-order valence-electron chi connectivity index (χ1n) is 8.47. The number of unbranched alkanes of at least 4 members (excludes halogenated alkanes) is 1. The molecule has 0 aliphatic carbocycles. The summed E-state index contributed by atoms with van der Waals surface area (Å²) in [5, 5.41) is 2.80. The van der Waals surface area contributed by atoms with Crippen LogP contribution in [0.1, 0.15) is 35.7 Å². The van der Waals surface area contributed by atoms with Gasteiger partial charge in [0, 0.05) is 24.2 Å². The number of rotatable bonds is 9. The molecule has 0 aliphatic heterocycles. The van der Waals surface area contributed by atoms with E-state index in [2.05, 4.69) is 10.0 Å². The van der Waals surface area contributed by atoms with Crippen molar-refractivity contribution in [3.05, 3.63) is 59.7 Å². The fourth-order valence-electron chi connectivity index (χ4n) is 2.37. The monoisotopic (exact) mass is 376 g/mol. The van der Waals surface area contributed by atoms with Gasteiger partial charge in [-0.25, -0.2) is 13.1 Å². The lowest BCUT2D eigenvalue weighted by molar-refractivity contribution is 0.0953. The van der Waals surface area contributed by atoms with Gasteiger partial charge >= 0.3 is 0 Å². The van der Waals surface area contributed by atoms with Crippen LogP contribution in [0.2, 0.25) is 0 Å². The van der Waals surface area contributed by atoms with E-state index >= 15 is 0 Å². The second-order valence-corrected chi connectivity index (χ2v) is 7.54. The molecule has 7 heteroatoms. The second kappa shape index (κ2) is 9.35. The predicted octanol–water partition coefficient (Wildman–Crippen LogP) is 2.70. The van der Waals surface area contributed by atoms with Gasteiger partial charge in [0.1, 0.15) is 5.75 Å². The lowest BCUT2D eigenvalue weighted by Gasteiger charge is -2.10. The Bertz CT molecular complexity index is 833. The first kappa shape index (κ1) is 19.9. The van der Waals surface area contributed by atoms with Crippen molar-refractivity contribution in [2.45, 2.75) is 31.2 Å². The molecule has 2 rings (SSSR count). The molecule has 0 saturated heterocycles.